The molecule has 1 nitrogen and oxygen atoms in total. The van der Waals surface area contributed by atoms with Gasteiger partial charge in [-0.05, 0) is 6.08 Å². The molecule has 1 heterocycles. The first-order valence-electron chi connectivity index (χ1n) is 2.52. The Morgan fingerprint density at radius 2 is 2.11 bits per heavy atom. The van der Waals surface area contributed by atoms with E-state index in [1.165, 1.54) is 0 Å². The number of alkyl halides is 1. The SMILES string of the molecule is CN1C=CC=CC1Br.I. The van der Waals surface area contributed by atoms with Crippen LogP contribution in [0.3, 0.4) is 0 Å². The lowest BCUT2D eigenvalue weighted by molar-refractivity contribution is 0.480. The fraction of sp³-hybridized carbons (Fsp3) is 0.333. The van der Waals surface area contributed by atoms with Gasteiger partial charge in [0.25, 0.3) is 0 Å². The largest absolute Gasteiger partial charge is 0.365 e. The normalized spacial score (nSPS) is 23.8. The quantitative estimate of drug-likeness (QED) is 0.377. The maximum absolute atomic E-state index is 3.44. The van der Waals surface area contributed by atoms with Crippen molar-refractivity contribution in [2.45, 2.75) is 4.95 Å². The lowest BCUT2D eigenvalue weighted by Crippen LogP contribution is -2.19. The summed E-state index contributed by atoms with van der Waals surface area (Å²) in [5, 5.41) is 0. The molecule has 1 atom stereocenters. The van der Waals surface area contributed by atoms with Gasteiger partial charge in [-0.2, -0.15) is 0 Å². The van der Waals surface area contributed by atoms with Gasteiger partial charge in [0.05, 0.1) is 0 Å². The predicted octanol–water partition coefficient (Wildman–Crippen LogP) is 2.34. The maximum Gasteiger partial charge on any atom is 0.103 e. The lowest BCUT2D eigenvalue weighted by atomic mass is 10.4. The molecule has 0 saturated heterocycles. The summed E-state index contributed by atoms with van der Waals surface area (Å²) in [6.07, 6.45) is 8.15. The monoisotopic (exact) mass is 301 g/mol. The van der Waals surface area contributed by atoms with Gasteiger partial charge in [-0.25, -0.2) is 0 Å². The summed E-state index contributed by atoms with van der Waals surface area (Å²) >= 11 is 3.44. The van der Waals surface area contributed by atoms with E-state index in [2.05, 4.69) is 26.9 Å². The molecule has 52 valence electrons. The summed E-state index contributed by atoms with van der Waals surface area (Å²) in [6.45, 7) is 0. The van der Waals surface area contributed by atoms with E-state index in [-0.39, 0.29) is 24.0 Å². The van der Waals surface area contributed by atoms with Crippen LogP contribution in [0.1, 0.15) is 0 Å². The molecule has 0 fully saturated rings. The molecule has 0 bridgehead atoms. The van der Waals surface area contributed by atoms with E-state index in [1.54, 1.807) is 0 Å². The molecule has 9 heavy (non-hydrogen) atoms. The van der Waals surface area contributed by atoms with Gasteiger partial charge < -0.3 is 4.90 Å². The predicted molar refractivity (Wildman–Crippen MR) is 54.2 cm³/mol. The van der Waals surface area contributed by atoms with Gasteiger partial charge in [0.2, 0.25) is 0 Å². The van der Waals surface area contributed by atoms with Crippen LogP contribution >= 0.6 is 39.9 Å². The Morgan fingerprint density at radius 1 is 1.44 bits per heavy atom. The number of hydrogen-bond acceptors (Lipinski definition) is 1. The van der Waals surface area contributed by atoms with Crippen LogP contribution in [-0.4, -0.2) is 16.9 Å². The van der Waals surface area contributed by atoms with E-state index in [0.29, 0.717) is 4.95 Å². The Morgan fingerprint density at radius 3 is 2.44 bits per heavy atom. The van der Waals surface area contributed by atoms with Crippen molar-refractivity contribution in [3.63, 3.8) is 0 Å². The molecular formula is C6H9BrIN. The molecule has 0 aromatic rings. The third kappa shape index (κ3) is 2.71. The van der Waals surface area contributed by atoms with Crippen LogP contribution in [0.5, 0.6) is 0 Å². The molecule has 0 spiro atoms. The van der Waals surface area contributed by atoms with Crippen LogP contribution in [0.15, 0.2) is 24.4 Å². The van der Waals surface area contributed by atoms with Crippen LogP contribution < -0.4 is 0 Å². The Labute approximate surface area is 81.0 Å². The molecule has 1 aliphatic heterocycles. The molecule has 1 rings (SSSR count). The first-order chi connectivity index (χ1) is 3.80. The highest BCUT2D eigenvalue weighted by molar-refractivity contribution is 14.0. The second-order valence-corrected chi connectivity index (χ2v) is 2.70. The second-order valence-electron chi connectivity index (χ2n) is 1.76. The van der Waals surface area contributed by atoms with Gasteiger partial charge in [0.1, 0.15) is 4.95 Å². The average molecular weight is 302 g/mol. The van der Waals surface area contributed by atoms with E-state index in [9.17, 15) is 0 Å². The molecule has 0 aromatic heterocycles. The topological polar surface area (TPSA) is 3.24 Å². The summed E-state index contributed by atoms with van der Waals surface area (Å²) in [4.78, 5) is 2.47. The van der Waals surface area contributed by atoms with Gasteiger partial charge in [0.15, 0.2) is 0 Å². The van der Waals surface area contributed by atoms with Crippen molar-refractivity contribution in [1.29, 1.82) is 0 Å². The highest BCUT2D eigenvalue weighted by Crippen LogP contribution is 2.10. The van der Waals surface area contributed by atoms with Crippen molar-refractivity contribution in [2.75, 3.05) is 7.05 Å². The van der Waals surface area contributed by atoms with Crippen molar-refractivity contribution >= 4 is 39.9 Å². The number of nitrogens with zero attached hydrogens (tertiary/aromatic N) is 1. The van der Waals surface area contributed by atoms with E-state index >= 15 is 0 Å². The van der Waals surface area contributed by atoms with E-state index in [4.69, 9.17) is 0 Å². The minimum absolute atomic E-state index is 0. The molecule has 0 radical (unpaired) electrons. The molecule has 0 aliphatic carbocycles. The Kier molecular flexibility index (Phi) is 4.56. The van der Waals surface area contributed by atoms with E-state index in [1.807, 2.05) is 25.4 Å². The zero-order valence-corrected chi connectivity index (χ0v) is 9.04. The van der Waals surface area contributed by atoms with Crippen molar-refractivity contribution in [1.82, 2.24) is 4.90 Å². The molecule has 1 aliphatic rings. The number of allylic oxidation sites excluding steroid dienone is 2. The number of rotatable bonds is 0. The number of likely N-dealkylation sites (N-methyl/N-ethyl adjacent to an activating group) is 1. The van der Waals surface area contributed by atoms with Crippen molar-refractivity contribution in [3.8, 4) is 0 Å². The minimum atomic E-state index is 0. The van der Waals surface area contributed by atoms with Crippen LogP contribution in [-0.2, 0) is 0 Å². The number of hydrogen-bond donors (Lipinski definition) is 0. The maximum atomic E-state index is 3.44. The van der Waals surface area contributed by atoms with Crippen molar-refractivity contribution < 1.29 is 0 Å². The van der Waals surface area contributed by atoms with Gasteiger partial charge in [0, 0.05) is 13.2 Å². The molecular weight excluding hydrogens is 293 g/mol. The third-order valence-corrected chi connectivity index (χ3v) is 2.04. The van der Waals surface area contributed by atoms with Gasteiger partial charge in [-0.1, -0.05) is 28.1 Å². The second kappa shape index (κ2) is 4.33. The average Bonchev–Trinajstić information content (AvgIpc) is 1.77. The van der Waals surface area contributed by atoms with Gasteiger partial charge >= 0.3 is 0 Å². The van der Waals surface area contributed by atoms with Crippen molar-refractivity contribution in [3.05, 3.63) is 24.4 Å². The highest BCUT2D eigenvalue weighted by Gasteiger charge is 2.02. The molecule has 0 saturated carbocycles. The first-order valence-corrected chi connectivity index (χ1v) is 3.43. The van der Waals surface area contributed by atoms with Crippen LogP contribution in [0.4, 0.5) is 0 Å². The summed E-state index contributed by atoms with van der Waals surface area (Å²) < 4.78 is 0. The third-order valence-electron chi connectivity index (χ3n) is 1.09. The standard InChI is InChI=1S/C6H8BrN.HI/c1-8-5-3-2-4-6(8)7;/h2-6H,1H3;1H. The van der Waals surface area contributed by atoms with Crippen LogP contribution in [0.25, 0.3) is 0 Å². The van der Waals surface area contributed by atoms with Crippen LogP contribution in [0, 0.1) is 0 Å². The Bertz CT molecular complexity index is 117. The summed E-state index contributed by atoms with van der Waals surface area (Å²) in [6, 6.07) is 0. The first kappa shape index (κ1) is 9.49. The lowest BCUT2D eigenvalue weighted by Gasteiger charge is -2.19. The van der Waals surface area contributed by atoms with Crippen LogP contribution in [0.2, 0.25) is 0 Å². The molecule has 0 amide bonds. The summed E-state index contributed by atoms with van der Waals surface area (Å²) in [5.74, 6) is 0. The Balaban J connectivity index is 0.000000640. The smallest absolute Gasteiger partial charge is 0.103 e. The van der Waals surface area contributed by atoms with E-state index < -0.39 is 0 Å². The molecule has 3 heteroatoms. The fourth-order valence-electron chi connectivity index (χ4n) is 0.559. The number of halogens is 2. The minimum Gasteiger partial charge on any atom is -0.365 e. The van der Waals surface area contributed by atoms with E-state index in [0.717, 1.165) is 0 Å². The Hall–Kier alpha value is 0.490. The van der Waals surface area contributed by atoms with Gasteiger partial charge in [-0.15, -0.1) is 24.0 Å². The molecule has 1 unspecified atom stereocenters. The summed E-state index contributed by atoms with van der Waals surface area (Å²) in [5.41, 5.74) is 0. The molecule has 0 N–H and O–H groups in total. The fourth-order valence-corrected chi connectivity index (χ4v) is 0.872. The molecule has 0 aromatic carbocycles. The summed E-state index contributed by atoms with van der Waals surface area (Å²) in [7, 11) is 2.03. The van der Waals surface area contributed by atoms with Crippen molar-refractivity contribution in [2.24, 2.45) is 0 Å². The van der Waals surface area contributed by atoms with Gasteiger partial charge in [-0.3, -0.25) is 0 Å². The zero-order chi connectivity index (χ0) is 5.98. The highest BCUT2D eigenvalue weighted by atomic mass is 127. The zero-order valence-electron chi connectivity index (χ0n) is 5.12.